The molecule has 128 valence electrons. The largest absolute Gasteiger partial charge is 0.392 e. The molecular weight excluding hydrogens is 310 g/mol. The maximum atomic E-state index is 11.0. The van der Waals surface area contributed by atoms with E-state index in [1.807, 2.05) is 5.38 Å². The lowest BCUT2D eigenvalue weighted by molar-refractivity contribution is -0.0467. The van der Waals surface area contributed by atoms with Crippen LogP contribution in [0.15, 0.2) is 5.38 Å². The second-order valence-corrected chi connectivity index (χ2v) is 8.40. The lowest BCUT2D eigenvalue weighted by atomic mass is 9.84. The number of thiazole rings is 1. The summed E-state index contributed by atoms with van der Waals surface area (Å²) in [7, 11) is 0. The van der Waals surface area contributed by atoms with Gasteiger partial charge in [-0.1, -0.05) is 6.42 Å². The van der Waals surface area contributed by atoms with E-state index in [1.165, 1.54) is 19.3 Å². The van der Waals surface area contributed by atoms with Crippen LogP contribution in [-0.4, -0.2) is 63.3 Å². The zero-order valence-electron chi connectivity index (χ0n) is 13.7. The van der Waals surface area contributed by atoms with E-state index in [0.29, 0.717) is 0 Å². The van der Waals surface area contributed by atoms with Gasteiger partial charge >= 0.3 is 0 Å². The Balaban J connectivity index is 1.36. The number of aromatic nitrogens is 1. The molecule has 1 saturated carbocycles. The third-order valence-electron chi connectivity index (χ3n) is 5.85. The third-order valence-corrected chi connectivity index (χ3v) is 6.68. The molecule has 3 heterocycles. The maximum Gasteiger partial charge on any atom is 0.110 e. The summed E-state index contributed by atoms with van der Waals surface area (Å²) in [5.41, 5.74) is 0.130. The van der Waals surface area contributed by atoms with Crippen molar-refractivity contribution in [3.05, 3.63) is 16.1 Å². The van der Waals surface area contributed by atoms with Crippen LogP contribution in [0.4, 0.5) is 0 Å². The van der Waals surface area contributed by atoms with Gasteiger partial charge in [-0.15, -0.1) is 11.3 Å². The molecule has 6 heteroatoms. The topological polar surface area (TPSA) is 59.8 Å². The molecule has 3 fully saturated rings. The van der Waals surface area contributed by atoms with E-state index in [1.54, 1.807) is 11.3 Å². The lowest BCUT2D eigenvalue weighted by Crippen LogP contribution is -2.49. The summed E-state index contributed by atoms with van der Waals surface area (Å²) in [5, 5.41) is 23.7. The average molecular weight is 337 g/mol. The Morgan fingerprint density at radius 3 is 2.61 bits per heavy atom. The third kappa shape index (κ3) is 3.33. The fraction of sp³-hybridized carbons (Fsp3) is 0.824. The van der Waals surface area contributed by atoms with Crippen LogP contribution in [0.1, 0.15) is 49.2 Å². The number of hydrogen-bond donors (Lipinski definition) is 2. The van der Waals surface area contributed by atoms with Gasteiger partial charge in [0.25, 0.3) is 0 Å². The molecular formula is C17H27N3O2S. The number of rotatable bonds is 4. The Morgan fingerprint density at radius 2 is 2.00 bits per heavy atom. The number of β-amino-alcohol motifs (C(OH)–C–C–N with tert-alkyl or cyclic N) is 1. The standard InChI is InChI=1S/C17H27N3O2S/c21-14-4-7-19(10-14)11-16-18-15(12-23-16)17(22)5-8-20(9-6-17)13-2-1-3-13/h12-14,21-22H,1-11H2/t14-/m1/s1. The van der Waals surface area contributed by atoms with Gasteiger partial charge < -0.3 is 15.1 Å². The fourth-order valence-electron chi connectivity index (χ4n) is 4.01. The zero-order chi connectivity index (χ0) is 15.9. The maximum absolute atomic E-state index is 11.0. The van der Waals surface area contributed by atoms with Gasteiger partial charge in [0.05, 0.1) is 18.3 Å². The fourth-order valence-corrected chi connectivity index (χ4v) is 4.94. The van der Waals surface area contributed by atoms with Crippen molar-refractivity contribution < 1.29 is 10.2 Å². The molecule has 1 aliphatic carbocycles. The van der Waals surface area contributed by atoms with Crippen LogP contribution in [0.2, 0.25) is 0 Å². The smallest absolute Gasteiger partial charge is 0.110 e. The van der Waals surface area contributed by atoms with Crippen molar-refractivity contribution in [1.29, 1.82) is 0 Å². The van der Waals surface area contributed by atoms with Crippen molar-refractivity contribution in [3.63, 3.8) is 0 Å². The summed E-state index contributed by atoms with van der Waals surface area (Å²) in [5.74, 6) is 0. The quantitative estimate of drug-likeness (QED) is 0.873. The first kappa shape index (κ1) is 16.0. The second kappa shape index (κ2) is 6.41. The summed E-state index contributed by atoms with van der Waals surface area (Å²) < 4.78 is 0. The minimum Gasteiger partial charge on any atom is -0.392 e. The molecule has 4 rings (SSSR count). The predicted molar refractivity (Wildman–Crippen MR) is 90.4 cm³/mol. The first-order valence-electron chi connectivity index (χ1n) is 8.94. The Hall–Kier alpha value is -0.530. The van der Waals surface area contributed by atoms with E-state index >= 15 is 0 Å². The zero-order valence-corrected chi connectivity index (χ0v) is 14.5. The molecule has 0 spiro atoms. The Morgan fingerprint density at radius 1 is 1.22 bits per heavy atom. The van der Waals surface area contributed by atoms with Gasteiger partial charge in [-0.3, -0.25) is 4.90 Å². The molecule has 1 aromatic rings. The number of hydrogen-bond acceptors (Lipinski definition) is 6. The van der Waals surface area contributed by atoms with Crippen LogP contribution in [0.5, 0.6) is 0 Å². The van der Waals surface area contributed by atoms with Gasteiger partial charge in [0.15, 0.2) is 0 Å². The van der Waals surface area contributed by atoms with E-state index < -0.39 is 5.60 Å². The highest BCUT2D eigenvalue weighted by atomic mass is 32.1. The summed E-state index contributed by atoms with van der Waals surface area (Å²) >= 11 is 1.64. The van der Waals surface area contributed by atoms with Gasteiger partial charge in [-0.05, 0) is 32.1 Å². The molecule has 23 heavy (non-hydrogen) atoms. The first-order chi connectivity index (χ1) is 11.1. The molecule has 5 nitrogen and oxygen atoms in total. The number of nitrogens with zero attached hydrogens (tertiary/aromatic N) is 3. The second-order valence-electron chi connectivity index (χ2n) is 7.46. The molecule has 2 saturated heterocycles. The van der Waals surface area contributed by atoms with Gasteiger partial charge in [0, 0.05) is 37.6 Å². The number of aliphatic hydroxyl groups excluding tert-OH is 1. The normalized spacial score (nSPS) is 29.7. The highest BCUT2D eigenvalue weighted by molar-refractivity contribution is 7.09. The Bertz CT molecular complexity index is 538. The number of piperidine rings is 1. The van der Waals surface area contributed by atoms with Gasteiger partial charge in [0.1, 0.15) is 10.6 Å². The molecule has 2 N–H and O–H groups in total. The molecule has 0 aromatic carbocycles. The van der Waals surface area contributed by atoms with E-state index in [0.717, 1.165) is 68.7 Å². The molecule has 0 unspecified atom stereocenters. The Labute approximate surface area is 141 Å². The molecule has 1 atom stereocenters. The van der Waals surface area contributed by atoms with Crippen LogP contribution in [0, 0.1) is 0 Å². The summed E-state index contributed by atoms with van der Waals surface area (Å²) in [6.45, 7) is 4.47. The number of aliphatic hydroxyl groups is 2. The van der Waals surface area contributed by atoms with E-state index in [4.69, 9.17) is 4.98 Å². The summed E-state index contributed by atoms with van der Waals surface area (Å²) in [6.07, 6.45) is 6.31. The number of likely N-dealkylation sites (tertiary alicyclic amines) is 2. The molecule has 0 amide bonds. The van der Waals surface area contributed by atoms with Crippen LogP contribution in [0.3, 0.4) is 0 Å². The van der Waals surface area contributed by atoms with Crippen molar-refractivity contribution >= 4 is 11.3 Å². The van der Waals surface area contributed by atoms with Crippen LogP contribution >= 0.6 is 11.3 Å². The van der Waals surface area contributed by atoms with Gasteiger partial charge in [0.2, 0.25) is 0 Å². The summed E-state index contributed by atoms with van der Waals surface area (Å²) in [4.78, 5) is 9.52. The molecule has 3 aliphatic rings. The monoisotopic (exact) mass is 337 g/mol. The van der Waals surface area contributed by atoms with Crippen molar-refractivity contribution in [3.8, 4) is 0 Å². The van der Waals surface area contributed by atoms with Crippen molar-refractivity contribution in [2.24, 2.45) is 0 Å². The predicted octanol–water partition coefficient (Wildman–Crippen LogP) is 1.55. The molecule has 0 radical (unpaired) electrons. The SMILES string of the molecule is O[C@@H]1CCN(Cc2nc(C3(O)CCN(C4CCC4)CC3)cs2)C1. The van der Waals surface area contributed by atoms with Crippen LogP contribution < -0.4 is 0 Å². The highest BCUT2D eigenvalue weighted by Crippen LogP contribution is 2.36. The molecule has 0 bridgehead atoms. The van der Waals surface area contributed by atoms with E-state index in [9.17, 15) is 10.2 Å². The minimum atomic E-state index is -0.737. The highest BCUT2D eigenvalue weighted by Gasteiger charge is 2.38. The van der Waals surface area contributed by atoms with E-state index in [2.05, 4.69) is 9.80 Å². The Kier molecular flexibility index (Phi) is 4.45. The summed E-state index contributed by atoms with van der Waals surface area (Å²) in [6, 6.07) is 0.770. The van der Waals surface area contributed by atoms with Crippen molar-refractivity contribution in [2.75, 3.05) is 26.2 Å². The van der Waals surface area contributed by atoms with Gasteiger partial charge in [-0.2, -0.15) is 0 Å². The van der Waals surface area contributed by atoms with Crippen LogP contribution in [0.25, 0.3) is 0 Å². The minimum absolute atomic E-state index is 0.186. The van der Waals surface area contributed by atoms with Crippen molar-refractivity contribution in [1.82, 2.24) is 14.8 Å². The lowest BCUT2D eigenvalue weighted by Gasteiger charge is -2.44. The molecule has 1 aromatic heterocycles. The average Bonchev–Trinajstić information content (AvgIpc) is 3.10. The van der Waals surface area contributed by atoms with Gasteiger partial charge in [-0.25, -0.2) is 4.98 Å². The molecule has 2 aliphatic heterocycles. The van der Waals surface area contributed by atoms with E-state index in [-0.39, 0.29) is 6.10 Å². The van der Waals surface area contributed by atoms with Crippen molar-refractivity contribution in [2.45, 2.75) is 62.8 Å². The first-order valence-corrected chi connectivity index (χ1v) is 9.82. The van der Waals surface area contributed by atoms with Crippen LogP contribution in [-0.2, 0) is 12.1 Å².